The Kier molecular flexibility index (Phi) is 3.15. The molecular formula is C16H21N3. The third-order valence-corrected chi connectivity index (χ3v) is 4.09. The van der Waals surface area contributed by atoms with E-state index in [1.807, 2.05) is 0 Å². The van der Waals surface area contributed by atoms with Crippen LogP contribution in [0, 0.1) is 20.8 Å². The Hall–Kier alpha value is -1.61. The highest BCUT2D eigenvalue weighted by Crippen LogP contribution is 2.31. The first-order chi connectivity index (χ1) is 9.16. The molecule has 1 fully saturated rings. The molecule has 1 saturated heterocycles. The predicted octanol–water partition coefficient (Wildman–Crippen LogP) is 3.43. The van der Waals surface area contributed by atoms with E-state index in [0.29, 0.717) is 6.04 Å². The van der Waals surface area contributed by atoms with Gasteiger partial charge in [-0.05, 0) is 51.3 Å². The van der Waals surface area contributed by atoms with Crippen molar-refractivity contribution in [3.8, 4) is 11.3 Å². The summed E-state index contributed by atoms with van der Waals surface area (Å²) in [5.41, 5.74) is 7.47. The minimum atomic E-state index is 0.451. The number of aromatic nitrogens is 2. The lowest BCUT2D eigenvalue weighted by molar-refractivity contribution is 0.622. The Morgan fingerprint density at radius 1 is 1.21 bits per heavy atom. The van der Waals surface area contributed by atoms with Crippen LogP contribution in [-0.4, -0.2) is 16.7 Å². The molecule has 2 aromatic rings. The van der Waals surface area contributed by atoms with Gasteiger partial charge in [-0.2, -0.15) is 5.10 Å². The average molecular weight is 255 g/mol. The minimum absolute atomic E-state index is 0.451. The monoisotopic (exact) mass is 255 g/mol. The summed E-state index contributed by atoms with van der Waals surface area (Å²) in [5, 5.41) is 11.3. The lowest BCUT2D eigenvalue weighted by Crippen LogP contribution is -2.14. The second-order valence-corrected chi connectivity index (χ2v) is 5.58. The molecule has 1 aromatic heterocycles. The van der Waals surface area contributed by atoms with Crippen LogP contribution in [0.5, 0.6) is 0 Å². The quantitative estimate of drug-likeness (QED) is 0.863. The minimum Gasteiger partial charge on any atom is -0.309 e. The van der Waals surface area contributed by atoms with Gasteiger partial charge in [0.05, 0.1) is 11.4 Å². The molecular weight excluding hydrogens is 234 g/mol. The van der Waals surface area contributed by atoms with E-state index in [0.717, 1.165) is 12.2 Å². The number of rotatable bonds is 2. The van der Waals surface area contributed by atoms with Crippen LogP contribution in [0.1, 0.15) is 41.3 Å². The van der Waals surface area contributed by atoms with Crippen LogP contribution in [0.2, 0.25) is 0 Å². The zero-order chi connectivity index (χ0) is 13.4. The summed E-state index contributed by atoms with van der Waals surface area (Å²) in [6, 6.07) is 7.01. The number of hydrogen-bond donors (Lipinski definition) is 2. The lowest BCUT2D eigenvalue weighted by atomic mass is 9.98. The van der Waals surface area contributed by atoms with E-state index in [4.69, 9.17) is 0 Å². The Morgan fingerprint density at radius 3 is 2.74 bits per heavy atom. The molecule has 3 rings (SSSR count). The standard InChI is InChI=1S/C16H21N3/c1-10-6-7-13(11(2)9-10)15-12(3)16(19-18-15)14-5-4-8-17-14/h6-7,9,14,17H,4-5,8H2,1-3H3,(H,18,19). The van der Waals surface area contributed by atoms with Crippen LogP contribution in [0.3, 0.4) is 0 Å². The van der Waals surface area contributed by atoms with Gasteiger partial charge in [0.1, 0.15) is 0 Å². The molecule has 19 heavy (non-hydrogen) atoms. The largest absolute Gasteiger partial charge is 0.309 e. The Balaban J connectivity index is 2.01. The van der Waals surface area contributed by atoms with Gasteiger partial charge in [-0.1, -0.05) is 23.8 Å². The highest BCUT2D eigenvalue weighted by atomic mass is 15.1. The fourth-order valence-electron chi connectivity index (χ4n) is 3.02. The van der Waals surface area contributed by atoms with Crippen molar-refractivity contribution in [1.29, 1.82) is 0 Å². The van der Waals surface area contributed by atoms with Crippen molar-refractivity contribution >= 4 is 0 Å². The molecule has 0 radical (unpaired) electrons. The first-order valence-electron chi connectivity index (χ1n) is 7.02. The molecule has 0 aliphatic carbocycles. The number of H-pyrrole nitrogens is 1. The molecule has 0 amide bonds. The summed E-state index contributed by atoms with van der Waals surface area (Å²) in [5.74, 6) is 0. The summed E-state index contributed by atoms with van der Waals surface area (Å²) >= 11 is 0. The third-order valence-electron chi connectivity index (χ3n) is 4.09. The van der Waals surface area contributed by atoms with E-state index in [1.54, 1.807) is 0 Å². The van der Waals surface area contributed by atoms with Gasteiger partial charge >= 0.3 is 0 Å². The van der Waals surface area contributed by atoms with Crippen molar-refractivity contribution in [3.05, 3.63) is 40.6 Å². The summed E-state index contributed by atoms with van der Waals surface area (Å²) in [7, 11) is 0. The van der Waals surface area contributed by atoms with Crippen LogP contribution in [0.4, 0.5) is 0 Å². The van der Waals surface area contributed by atoms with Crippen molar-refractivity contribution in [3.63, 3.8) is 0 Å². The van der Waals surface area contributed by atoms with Gasteiger partial charge in [0, 0.05) is 11.6 Å². The molecule has 3 heteroatoms. The van der Waals surface area contributed by atoms with Gasteiger partial charge < -0.3 is 5.32 Å². The maximum Gasteiger partial charge on any atom is 0.0955 e. The van der Waals surface area contributed by atoms with E-state index in [2.05, 4.69) is 54.5 Å². The van der Waals surface area contributed by atoms with E-state index in [1.165, 1.54) is 40.8 Å². The predicted molar refractivity (Wildman–Crippen MR) is 78.2 cm³/mol. The van der Waals surface area contributed by atoms with Crippen LogP contribution >= 0.6 is 0 Å². The SMILES string of the molecule is Cc1ccc(-c2n[nH]c(C3CCCN3)c2C)c(C)c1. The molecule has 100 valence electrons. The van der Waals surface area contributed by atoms with Gasteiger partial charge in [-0.15, -0.1) is 0 Å². The lowest BCUT2D eigenvalue weighted by Gasteiger charge is -2.09. The normalized spacial score (nSPS) is 19.0. The Labute approximate surface area is 114 Å². The summed E-state index contributed by atoms with van der Waals surface area (Å²) in [6.45, 7) is 7.57. The molecule has 0 bridgehead atoms. The number of aromatic amines is 1. The first-order valence-corrected chi connectivity index (χ1v) is 7.02. The van der Waals surface area contributed by atoms with Crippen LogP contribution in [-0.2, 0) is 0 Å². The Morgan fingerprint density at radius 2 is 2.05 bits per heavy atom. The van der Waals surface area contributed by atoms with Gasteiger partial charge in [-0.25, -0.2) is 0 Å². The average Bonchev–Trinajstić information content (AvgIpc) is 2.99. The fraction of sp³-hybridized carbons (Fsp3) is 0.438. The molecule has 2 heterocycles. The zero-order valence-electron chi connectivity index (χ0n) is 11.9. The number of benzene rings is 1. The van der Waals surface area contributed by atoms with Gasteiger partial charge in [0.15, 0.2) is 0 Å². The van der Waals surface area contributed by atoms with E-state index in [-0.39, 0.29) is 0 Å². The first kappa shape index (κ1) is 12.4. The Bertz CT molecular complexity index is 592. The fourth-order valence-corrected chi connectivity index (χ4v) is 3.02. The molecule has 1 unspecified atom stereocenters. The maximum absolute atomic E-state index is 4.56. The molecule has 2 N–H and O–H groups in total. The van der Waals surface area contributed by atoms with Crippen LogP contribution in [0.25, 0.3) is 11.3 Å². The second kappa shape index (κ2) is 4.82. The summed E-state index contributed by atoms with van der Waals surface area (Å²) in [4.78, 5) is 0. The van der Waals surface area contributed by atoms with Crippen molar-refractivity contribution in [2.45, 2.75) is 39.7 Å². The molecule has 1 aliphatic heterocycles. The van der Waals surface area contributed by atoms with E-state index in [9.17, 15) is 0 Å². The van der Waals surface area contributed by atoms with Crippen molar-refractivity contribution < 1.29 is 0 Å². The molecule has 1 aliphatic rings. The molecule has 1 aromatic carbocycles. The smallest absolute Gasteiger partial charge is 0.0955 e. The van der Waals surface area contributed by atoms with E-state index >= 15 is 0 Å². The highest BCUT2D eigenvalue weighted by molar-refractivity contribution is 5.67. The highest BCUT2D eigenvalue weighted by Gasteiger charge is 2.22. The molecule has 0 saturated carbocycles. The van der Waals surface area contributed by atoms with Crippen molar-refractivity contribution in [2.24, 2.45) is 0 Å². The van der Waals surface area contributed by atoms with Crippen molar-refractivity contribution in [1.82, 2.24) is 15.5 Å². The number of aryl methyl sites for hydroxylation is 2. The van der Waals surface area contributed by atoms with Gasteiger partial charge in [0.25, 0.3) is 0 Å². The van der Waals surface area contributed by atoms with Crippen LogP contribution in [0.15, 0.2) is 18.2 Å². The number of nitrogens with one attached hydrogen (secondary N) is 2. The second-order valence-electron chi connectivity index (χ2n) is 5.58. The topological polar surface area (TPSA) is 40.7 Å². The molecule has 0 spiro atoms. The van der Waals surface area contributed by atoms with Gasteiger partial charge in [0.2, 0.25) is 0 Å². The number of nitrogens with zero attached hydrogens (tertiary/aromatic N) is 1. The molecule has 3 nitrogen and oxygen atoms in total. The summed E-state index contributed by atoms with van der Waals surface area (Å²) < 4.78 is 0. The maximum atomic E-state index is 4.56. The van der Waals surface area contributed by atoms with Crippen LogP contribution < -0.4 is 5.32 Å². The third kappa shape index (κ3) is 2.19. The zero-order valence-corrected chi connectivity index (χ0v) is 11.9. The van der Waals surface area contributed by atoms with Gasteiger partial charge in [-0.3, -0.25) is 5.10 Å². The van der Waals surface area contributed by atoms with E-state index < -0.39 is 0 Å². The molecule has 1 atom stereocenters. The van der Waals surface area contributed by atoms with Crippen molar-refractivity contribution in [2.75, 3.05) is 6.54 Å². The number of hydrogen-bond acceptors (Lipinski definition) is 2. The summed E-state index contributed by atoms with van der Waals surface area (Å²) in [6.07, 6.45) is 2.46.